The molecule has 1 amide bonds. The first-order valence-corrected chi connectivity index (χ1v) is 12.0. The molecule has 6 heteroatoms. The van der Waals surface area contributed by atoms with E-state index in [0.717, 1.165) is 40.3 Å². The van der Waals surface area contributed by atoms with E-state index in [0.29, 0.717) is 17.8 Å². The fourth-order valence-corrected chi connectivity index (χ4v) is 5.18. The van der Waals surface area contributed by atoms with Crippen molar-refractivity contribution < 1.29 is 14.0 Å². The summed E-state index contributed by atoms with van der Waals surface area (Å²) in [6.45, 7) is 8.27. The summed E-state index contributed by atoms with van der Waals surface area (Å²) in [7, 11) is 0. The van der Waals surface area contributed by atoms with E-state index in [-0.39, 0.29) is 23.7 Å². The summed E-state index contributed by atoms with van der Waals surface area (Å²) in [5.41, 5.74) is 6.02. The molecular weight excluding hydrogens is 438 g/mol. The van der Waals surface area contributed by atoms with Crippen LogP contribution in [0.1, 0.15) is 49.6 Å². The summed E-state index contributed by atoms with van der Waals surface area (Å²) in [6, 6.07) is 17.1. The second-order valence-corrected chi connectivity index (χ2v) is 10.4. The number of rotatable bonds is 4. The Hall–Kier alpha value is -3.80. The molecule has 2 aliphatic rings. The minimum Gasteiger partial charge on any atom is -0.467 e. The Morgan fingerprint density at radius 1 is 1.11 bits per heavy atom. The lowest BCUT2D eigenvalue weighted by atomic mass is 9.74. The number of furan rings is 1. The Morgan fingerprint density at radius 2 is 1.91 bits per heavy atom. The number of nitrogens with one attached hydrogen (secondary N) is 2. The molecule has 1 aromatic heterocycles. The van der Waals surface area contributed by atoms with Crippen molar-refractivity contribution in [2.45, 2.75) is 46.6 Å². The van der Waals surface area contributed by atoms with Crippen LogP contribution in [-0.4, -0.2) is 18.2 Å². The summed E-state index contributed by atoms with van der Waals surface area (Å²) in [6.07, 6.45) is 2.80. The summed E-state index contributed by atoms with van der Waals surface area (Å²) < 4.78 is 5.87. The lowest BCUT2D eigenvalue weighted by Crippen LogP contribution is -2.40. The highest BCUT2D eigenvalue weighted by Gasteiger charge is 2.42. The van der Waals surface area contributed by atoms with Crippen LogP contribution in [0.25, 0.3) is 0 Å². The SMILES string of the molecule is Cc1ccc(C)c(NC(=O)CN2c3ccccc3NC3=C(C(=O)CC(C)(C)C3)[C@@H]2c2ccco2)c1. The number of aryl methyl sites for hydroxylation is 2. The number of nitrogens with zero attached hydrogens (tertiary/aromatic N) is 1. The van der Waals surface area contributed by atoms with Gasteiger partial charge in [-0.2, -0.15) is 0 Å². The van der Waals surface area contributed by atoms with E-state index in [1.54, 1.807) is 6.26 Å². The molecule has 3 aromatic rings. The van der Waals surface area contributed by atoms with Gasteiger partial charge in [0.2, 0.25) is 5.91 Å². The van der Waals surface area contributed by atoms with Crippen molar-refractivity contribution in [2.24, 2.45) is 5.41 Å². The predicted molar refractivity (Wildman–Crippen MR) is 138 cm³/mol. The maximum absolute atomic E-state index is 13.6. The van der Waals surface area contributed by atoms with Crippen LogP contribution in [0, 0.1) is 19.3 Å². The standard InChI is InChI=1S/C29H31N3O3/c1-18-11-12-19(2)21(14-18)31-26(34)17-32-23-9-6-5-8-20(23)30-22-15-29(3,4)16-24(33)27(22)28(32)25-10-7-13-35-25/h5-14,28,30H,15-17H2,1-4H3,(H,31,34)/t28-/m0/s1. The van der Waals surface area contributed by atoms with Crippen LogP contribution in [0.5, 0.6) is 0 Å². The van der Waals surface area contributed by atoms with Gasteiger partial charge >= 0.3 is 0 Å². The smallest absolute Gasteiger partial charge is 0.243 e. The number of carbonyl (C=O) groups excluding carboxylic acids is 2. The first kappa shape index (κ1) is 23.0. The average Bonchev–Trinajstić information content (AvgIpc) is 3.27. The number of ketones is 1. The molecule has 1 atom stereocenters. The van der Waals surface area contributed by atoms with Crippen LogP contribution < -0.4 is 15.5 Å². The number of hydrogen-bond donors (Lipinski definition) is 2. The molecule has 0 unspecified atom stereocenters. The topological polar surface area (TPSA) is 74.6 Å². The van der Waals surface area contributed by atoms with E-state index in [2.05, 4.69) is 24.5 Å². The molecule has 0 saturated heterocycles. The molecule has 0 fully saturated rings. The summed E-state index contributed by atoms with van der Waals surface area (Å²) in [5, 5.41) is 6.63. The number of allylic oxidation sites excluding steroid dienone is 1. The number of para-hydroxylation sites is 2. The minimum absolute atomic E-state index is 0.0604. The van der Waals surface area contributed by atoms with Crippen LogP contribution in [0.4, 0.5) is 17.1 Å². The monoisotopic (exact) mass is 469 g/mol. The van der Waals surface area contributed by atoms with Gasteiger partial charge in [0.15, 0.2) is 5.78 Å². The van der Waals surface area contributed by atoms with Gasteiger partial charge in [-0.3, -0.25) is 9.59 Å². The van der Waals surface area contributed by atoms with Crippen molar-refractivity contribution >= 4 is 28.8 Å². The van der Waals surface area contributed by atoms with E-state index in [1.807, 2.05) is 73.3 Å². The molecule has 0 bridgehead atoms. The van der Waals surface area contributed by atoms with Crippen molar-refractivity contribution in [1.82, 2.24) is 0 Å². The van der Waals surface area contributed by atoms with Gasteiger partial charge in [-0.05, 0) is 67.1 Å². The Balaban J connectivity index is 1.60. The first-order valence-electron chi connectivity index (χ1n) is 12.0. The maximum atomic E-state index is 13.6. The van der Waals surface area contributed by atoms with Crippen LogP contribution in [0.2, 0.25) is 0 Å². The van der Waals surface area contributed by atoms with Gasteiger partial charge in [0.1, 0.15) is 11.8 Å². The fourth-order valence-electron chi connectivity index (χ4n) is 5.18. The molecule has 5 rings (SSSR count). The molecule has 2 aromatic carbocycles. The fraction of sp³-hybridized carbons (Fsp3) is 0.310. The minimum atomic E-state index is -0.510. The third-order valence-electron chi connectivity index (χ3n) is 6.80. The molecule has 2 heterocycles. The lowest BCUT2D eigenvalue weighted by Gasteiger charge is -2.36. The van der Waals surface area contributed by atoms with Crippen molar-refractivity contribution in [3.05, 3.63) is 89.0 Å². The van der Waals surface area contributed by atoms with E-state index in [1.165, 1.54) is 0 Å². The van der Waals surface area contributed by atoms with Gasteiger partial charge in [-0.25, -0.2) is 0 Å². The van der Waals surface area contributed by atoms with Gasteiger partial charge in [-0.15, -0.1) is 0 Å². The number of hydrogen-bond acceptors (Lipinski definition) is 5. The van der Waals surface area contributed by atoms with E-state index in [9.17, 15) is 9.59 Å². The average molecular weight is 470 g/mol. The highest BCUT2D eigenvalue weighted by molar-refractivity contribution is 6.02. The van der Waals surface area contributed by atoms with E-state index >= 15 is 0 Å². The van der Waals surface area contributed by atoms with Gasteiger partial charge in [0.25, 0.3) is 0 Å². The Kier molecular flexibility index (Phi) is 5.75. The number of benzene rings is 2. The summed E-state index contributed by atoms with van der Waals surface area (Å²) in [4.78, 5) is 29.0. The number of anilines is 3. The number of amides is 1. The van der Waals surface area contributed by atoms with Gasteiger partial charge < -0.3 is 20.0 Å². The molecule has 6 nitrogen and oxygen atoms in total. The molecule has 1 aliphatic heterocycles. The van der Waals surface area contributed by atoms with Crippen molar-refractivity contribution in [3.8, 4) is 0 Å². The van der Waals surface area contributed by atoms with Gasteiger partial charge in [0.05, 0.1) is 24.2 Å². The first-order chi connectivity index (χ1) is 16.7. The molecule has 0 radical (unpaired) electrons. The molecule has 0 saturated carbocycles. The highest BCUT2D eigenvalue weighted by atomic mass is 16.3. The Bertz CT molecular complexity index is 1320. The maximum Gasteiger partial charge on any atom is 0.243 e. The predicted octanol–water partition coefficient (Wildman–Crippen LogP) is 6.15. The summed E-state index contributed by atoms with van der Waals surface area (Å²) in [5.74, 6) is 0.569. The number of fused-ring (bicyclic) bond motifs is 1. The van der Waals surface area contributed by atoms with E-state index < -0.39 is 6.04 Å². The second kappa shape index (κ2) is 8.77. The molecule has 35 heavy (non-hydrogen) atoms. The van der Waals surface area contributed by atoms with Crippen LogP contribution in [0.15, 0.2) is 76.5 Å². The molecule has 0 spiro atoms. The molecule has 1 aliphatic carbocycles. The van der Waals surface area contributed by atoms with Crippen molar-refractivity contribution in [2.75, 3.05) is 22.1 Å². The molecular formula is C29H31N3O3. The normalized spacial score (nSPS) is 18.9. The van der Waals surface area contributed by atoms with Crippen LogP contribution in [-0.2, 0) is 9.59 Å². The third kappa shape index (κ3) is 4.48. The van der Waals surface area contributed by atoms with Gasteiger partial charge in [-0.1, -0.05) is 38.1 Å². The largest absolute Gasteiger partial charge is 0.467 e. The lowest BCUT2D eigenvalue weighted by molar-refractivity contribution is -0.119. The Labute approximate surface area is 206 Å². The summed E-state index contributed by atoms with van der Waals surface area (Å²) >= 11 is 0. The van der Waals surface area contributed by atoms with Gasteiger partial charge in [0, 0.05) is 23.4 Å². The van der Waals surface area contributed by atoms with E-state index in [4.69, 9.17) is 4.42 Å². The van der Waals surface area contributed by atoms with Crippen molar-refractivity contribution in [1.29, 1.82) is 0 Å². The van der Waals surface area contributed by atoms with Crippen LogP contribution in [0.3, 0.4) is 0 Å². The zero-order chi connectivity index (χ0) is 24.7. The number of Topliss-reactive ketones (excluding diaryl/α,β-unsaturated/α-hetero) is 1. The highest BCUT2D eigenvalue weighted by Crippen LogP contribution is 2.48. The Morgan fingerprint density at radius 3 is 2.69 bits per heavy atom. The third-order valence-corrected chi connectivity index (χ3v) is 6.80. The number of carbonyl (C=O) groups is 2. The zero-order valence-corrected chi connectivity index (χ0v) is 20.6. The van der Waals surface area contributed by atoms with Crippen LogP contribution >= 0.6 is 0 Å². The second-order valence-electron chi connectivity index (χ2n) is 10.4. The quantitative estimate of drug-likeness (QED) is 0.479. The molecule has 2 N–H and O–H groups in total. The molecule has 180 valence electrons. The van der Waals surface area contributed by atoms with Crippen molar-refractivity contribution in [3.63, 3.8) is 0 Å². The zero-order valence-electron chi connectivity index (χ0n) is 20.6.